The number of hydrogen-bond donors (Lipinski definition) is 1. The van der Waals surface area contributed by atoms with Gasteiger partial charge in [-0.25, -0.2) is 9.37 Å². The lowest BCUT2D eigenvalue weighted by Crippen LogP contribution is -2.01. The Bertz CT molecular complexity index is 573. The number of pyridine rings is 1. The Morgan fingerprint density at radius 1 is 1.28 bits per heavy atom. The highest BCUT2D eigenvalue weighted by molar-refractivity contribution is 9.10. The van der Waals surface area contributed by atoms with Gasteiger partial charge in [-0.15, -0.1) is 0 Å². The van der Waals surface area contributed by atoms with Crippen LogP contribution in [-0.4, -0.2) is 4.98 Å². The fraction of sp³-hybridized carbons (Fsp3) is 0.154. The van der Waals surface area contributed by atoms with E-state index in [0.717, 1.165) is 25.9 Å². The number of anilines is 1. The van der Waals surface area contributed by atoms with E-state index in [4.69, 9.17) is 0 Å². The molecule has 2 rings (SSSR count). The number of halogens is 3. The maximum atomic E-state index is 12.9. The zero-order valence-electron chi connectivity index (χ0n) is 9.67. The third-order valence-electron chi connectivity index (χ3n) is 2.51. The molecule has 0 aliphatic rings. The molecule has 1 aromatic heterocycles. The monoisotopic (exact) mass is 372 g/mol. The Balaban J connectivity index is 2.09. The Hall–Kier alpha value is -0.940. The largest absolute Gasteiger partial charge is 0.380 e. The van der Waals surface area contributed by atoms with Crippen molar-refractivity contribution in [1.29, 1.82) is 0 Å². The van der Waals surface area contributed by atoms with Gasteiger partial charge in [-0.2, -0.15) is 0 Å². The van der Waals surface area contributed by atoms with Crippen molar-refractivity contribution < 1.29 is 4.39 Å². The van der Waals surface area contributed by atoms with Gasteiger partial charge >= 0.3 is 0 Å². The Kier molecular flexibility index (Phi) is 4.35. The number of benzene rings is 1. The maximum absolute atomic E-state index is 12.9. The van der Waals surface area contributed by atoms with E-state index in [-0.39, 0.29) is 5.82 Å². The first-order valence-electron chi connectivity index (χ1n) is 5.36. The molecular formula is C13H11Br2FN2. The SMILES string of the molecule is Cc1cc(NCc2ccc(F)cc2Br)cnc1Br. The van der Waals surface area contributed by atoms with Crippen molar-refractivity contribution in [3.8, 4) is 0 Å². The van der Waals surface area contributed by atoms with Gasteiger partial charge in [0.15, 0.2) is 0 Å². The van der Waals surface area contributed by atoms with Crippen molar-refractivity contribution in [2.75, 3.05) is 5.32 Å². The van der Waals surface area contributed by atoms with E-state index in [0.29, 0.717) is 6.54 Å². The molecule has 0 saturated heterocycles. The summed E-state index contributed by atoms with van der Waals surface area (Å²) in [6, 6.07) is 6.68. The summed E-state index contributed by atoms with van der Waals surface area (Å²) in [6.07, 6.45) is 1.76. The Labute approximate surface area is 122 Å². The Morgan fingerprint density at radius 3 is 2.72 bits per heavy atom. The number of hydrogen-bond acceptors (Lipinski definition) is 2. The standard InChI is InChI=1S/C13H11Br2FN2/c1-8-4-11(7-18-13(8)15)17-6-9-2-3-10(16)5-12(9)14/h2-5,7,17H,6H2,1H3. The molecule has 2 nitrogen and oxygen atoms in total. The first kappa shape index (κ1) is 13.5. The highest BCUT2D eigenvalue weighted by Gasteiger charge is 2.03. The topological polar surface area (TPSA) is 24.9 Å². The molecule has 1 heterocycles. The highest BCUT2D eigenvalue weighted by Crippen LogP contribution is 2.21. The van der Waals surface area contributed by atoms with Crippen LogP contribution in [0.2, 0.25) is 0 Å². The molecule has 0 aliphatic carbocycles. The second kappa shape index (κ2) is 5.80. The molecule has 0 bridgehead atoms. The molecular weight excluding hydrogens is 363 g/mol. The van der Waals surface area contributed by atoms with Crippen LogP contribution in [-0.2, 0) is 6.54 Å². The van der Waals surface area contributed by atoms with Crippen molar-refractivity contribution >= 4 is 37.5 Å². The number of aromatic nitrogens is 1. The number of aryl methyl sites for hydroxylation is 1. The van der Waals surface area contributed by atoms with Gasteiger partial charge in [0.1, 0.15) is 10.4 Å². The minimum Gasteiger partial charge on any atom is -0.380 e. The highest BCUT2D eigenvalue weighted by atomic mass is 79.9. The quantitative estimate of drug-likeness (QED) is 0.791. The summed E-state index contributed by atoms with van der Waals surface area (Å²) in [6.45, 7) is 2.60. The molecule has 0 aliphatic heterocycles. The molecule has 0 atom stereocenters. The maximum Gasteiger partial charge on any atom is 0.124 e. The summed E-state index contributed by atoms with van der Waals surface area (Å²) < 4.78 is 14.5. The molecule has 1 N–H and O–H groups in total. The summed E-state index contributed by atoms with van der Waals surface area (Å²) in [7, 11) is 0. The van der Waals surface area contributed by atoms with Gasteiger partial charge in [-0.1, -0.05) is 22.0 Å². The number of nitrogens with zero attached hydrogens (tertiary/aromatic N) is 1. The number of nitrogens with one attached hydrogen (secondary N) is 1. The second-order valence-corrected chi connectivity index (χ2v) is 5.53. The first-order valence-corrected chi connectivity index (χ1v) is 6.95. The van der Waals surface area contributed by atoms with Crippen LogP contribution in [0.25, 0.3) is 0 Å². The zero-order chi connectivity index (χ0) is 13.1. The molecule has 0 saturated carbocycles. The van der Waals surface area contributed by atoms with Crippen molar-refractivity contribution in [3.05, 3.63) is 56.5 Å². The van der Waals surface area contributed by atoms with Crippen LogP contribution in [0.5, 0.6) is 0 Å². The van der Waals surface area contributed by atoms with Gasteiger partial charge < -0.3 is 5.32 Å². The molecule has 0 spiro atoms. The zero-order valence-corrected chi connectivity index (χ0v) is 12.8. The van der Waals surface area contributed by atoms with Gasteiger partial charge in [-0.05, 0) is 52.2 Å². The molecule has 2 aromatic rings. The summed E-state index contributed by atoms with van der Waals surface area (Å²) in [5, 5.41) is 3.25. The van der Waals surface area contributed by atoms with Gasteiger partial charge in [0.25, 0.3) is 0 Å². The smallest absolute Gasteiger partial charge is 0.124 e. The first-order chi connectivity index (χ1) is 8.56. The van der Waals surface area contributed by atoms with Crippen molar-refractivity contribution in [2.24, 2.45) is 0 Å². The summed E-state index contributed by atoms with van der Waals surface area (Å²) in [5.74, 6) is -0.244. The molecule has 0 fully saturated rings. The van der Waals surface area contributed by atoms with E-state index in [1.165, 1.54) is 12.1 Å². The minimum absolute atomic E-state index is 0.244. The van der Waals surface area contributed by atoms with Crippen LogP contribution in [0, 0.1) is 12.7 Å². The Morgan fingerprint density at radius 2 is 2.06 bits per heavy atom. The summed E-state index contributed by atoms with van der Waals surface area (Å²) in [5.41, 5.74) is 3.00. The van der Waals surface area contributed by atoms with E-state index in [9.17, 15) is 4.39 Å². The lowest BCUT2D eigenvalue weighted by atomic mass is 10.2. The molecule has 18 heavy (non-hydrogen) atoms. The van der Waals surface area contributed by atoms with Crippen LogP contribution in [0.15, 0.2) is 39.5 Å². The van der Waals surface area contributed by atoms with Gasteiger partial charge in [0, 0.05) is 11.0 Å². The van der Waals surface area contributed by atoms with Crippen LogP contribution < -0.4 is 5.32 Å². The van der Waals surface area contributed by atoms with E-state index >= 15 is 0 Å². The predicted molar refractivity (Wildman–Crippen MR) is 78.1 cm³/mol. The van der Waals surface area contributed by atoms with Crippen molar-refractivity contribution in [1.82, 2.24) is 4.98 Å². The van der Waals surface area contributed by atoms with Crippen molar-refractivity contribution in [3.63, 3.8) is 0 Å². The van der Waals surface area contributed by atoms with Gasteiger partial charge in [0.05, 0.1) is 11.9 Å². The van der Waals surface area contributed by atoms with Crippen molar-refractivity contribution in [2.45, 2.75) is 13.5 Å². The van der Waals surface area contributed by atoms with Gasteiger partial charge in [-0.3, -0.25) is 0 Å². The number of rotatable bonds is 3. The van der Waals surface area contributed by atoms with Crippen LogP contribution in [0.3, 0.4) is 0 Å². The summed E-state index contributed by atoms with van der Waals surface area (Å²) in [4.78, 5) is 4.21. The molecule has 94 valence electrons. The second-order valence-electron chi connectivity index (χ2n) is 3.92. The van der Waals surface area contributed by atoms with Crippen LogP contribution in [0.4, 0.5) is 10.1 Å². The van der Waals surface area contributed by atoms with Crippen LogP contribution in [0.1, 0.15) is 11.1 Å². The van der Waals surface area contributed by atoms with Gasteiger partial charge in [0.2, 0.25) is 0 Å². The van der Waals surface area contributed by atoms with E-state index in [1.807, 2.05) is 13.0 Å². The third kappa shape index (κ3) is 3.29. The molecule has 0 radical (unpaired) electrons. The molecule has 0 amide bonds. The van der Waals surface area contributed by atoms with E-state index in [1.54, 1.807) is 12.3 Å². The molecule has 1 aromatic carbocycles. The van der Waals surface area contributed by atoms with Crippen LogP contribution >= 0.6 is 31.9 Å². The predicted octanol–water partition coefficient (Wildman–Crippen LogP) is 4.67. The fourth-order valence-corrected chi connectivity index (χ4v) is 2.22. The average Bonchev–Trinajstić information content (AvgIpc) is 2.32. The molecule has 0 unspecified atom stereocenters. The van der Waals surface area contributed by atoms with E-state index < -0.39 is 0 Å². The summed E-state index contributed by atoms with van der Waals surface area (Å²) >= 11 is 6.70. The fourth-order valence-electron chi connectivity index (χ4n) is 1.52. The average molecular weight is 374 g/mol. The lowest BCUT2D eigenvalue weighted by molar-refractivity contribution is 0.626. The normalized spacial score (nSPS) is 10.4. The molecule has 5 heteroatoms. The minimum atomic E-state index is -0.244. The lowest BCUT2D eigenvalue weighted by Gasteiger charge is -2.09. The van der Waals surface area contributed by atoms with E-state index in [2.05, 4.69) is 42.2 Å². The third-order valence-corrected chi connectivity index (χ3v) is 4.08.